The number of nitrogens with zero attached hydrogens (tertiary/aromatic N) is 5. The predicted molar refractivity (Wildman–Crippen MR) is 175 cm³/mol. The van der Waals surface area contributed by atoms with Gasteiger partial charge in [-0.25, -0.2) is 9.97 Å². The van der Waals surface area contributed by atoms with E-state index in [1.54, 1.807) is 0 Å². The Hall–Kier alpha value is -4.38. The molecule has 0 saturated heterocycles. The fourth-order valence-electron chi connectivity index (χ4n) is 6.22. The summed E-state index contributed by atoms with van der Waals surface area (Å²) in [5, 5.41) is 0. The number of aromatic nitrogens is 3. The van der Waals surface area contributed by atoms with Crippen molar-refractivity contribution >= 4 is 17.2 Å². The quantitative estimate of drug-likeness (QED) is 0.201. The van der Waals surface area contributed by atoms with Crippen molar-refractivity contribution in [2.75, 3.05) is 23.5 Å². The highest BCUT2D eigenvalue weighted by molar-refractivity contribution is 5.79. The second-order valence-corrected chi connectivity index (χ2v) is 12.6. The normalized spacial score (nSPS) is 13.4. The van der Waals surface area contributed by atoms with Crippen molar-refractivity contribution in [3.05, 3.63) is 120 Å². The summed E-state index contributed by atoms with van der Waals surface area (Å²) in [7, 11) is 2.12. The number of para-hydroxylation sites is 1. The van der Waals surface area contributed by atoms with Gasteiger partial charge in [0, 0.05) is 42.3 Å². The maximum atomic E-state index is 4.90. The summed E-state index contributed by atoms with van der Waals surface area (Å²) in [6, 6.07) is 28.7. The molecule has 2 aromatic heterocycles. The van der Waals surface area contributed by atoms with Gasteiger partial charge in [-0.3, -0.25) is 4.57 Å². The lowest BCUT2D eigenvalue weighted by atomic mass is 9.77. The molecule has 3 heterocycles. The van der Waals surface area contributed by atoms with E-state index in [4.69, 9.17) is 9.97 Å². The van der Waals surface area contributed by atoms with Crippen LogP contribution in [0.15, 0.2) is 97.5 Å². The summed E-state index contributed by atoms with van der Waals surface area (Å²) in [5.74, 6) is 2.79. The van der Waals surface area contributed by atoms with E-state index in [1.165, 1.54) is 27.9 Å². The van der Waals surface area contributed by atoms with Gasteiger partial charge in [-0.2, -0.15) is 0 Å². The highest BCUT2D eigenvalue weighted by Gasteiger charge is 2.29. The first-order chi connectivity index (χ1) is 20.2. The second kappa shape index (κ2) is 10.8. The zero-order chi connectivity index (χ0) is 29.6. The van der Waals surface area contributed by atoms with Crippen molar-refractivity contribution in [1.82, 2.24) is 14.5 Å². The fourth-order valence-corrected chi connectivity index (χ4v) is 6.22. The van der Waals surface area contributed by atoms with Gasteiger partial charge in [-0.1, -0.05) is 90.1 Å². The van der Waals surface area contributed by atoms with Crippen molar-refractivity contribution in [3.63, 3.8) is 0 Å². The van der Waals surface area contributed by atoms with Crippen molar-refractivity contribution < 1.29 is 0 Å². The van der Waals surface area contributed by atoms with Crippen LogP contribution in [0.5, 0.6) is 0 Å². The molecule has 42 heavy (non-hydrogen) atoms. The van der Waals surface area contributed by atoms with E-state index in [0.29, 0.717) is 11.8 Å². The van der Waals surface area contributed by atoms with Crippen LogP contribution in [0.2, 0.25) is 0 Å². The van der Waals surface area contributed by atoms with Crippen LogP contribution in [0.3, 0.4) is 0 Å². The number of benzene rings is 3. The number of imidazole rings is 1. The third-order valence-corrected chi connectivity index (χ3v) is 8.73. The van der Waals surface area contributed by atoms with E-state index in [9.17, 15) is 0 Å². The van der Waals surface area contributed by atoms with Gasteiger partial charge < -0.3 is 9.80 Å². The summed E-state index contributed by atoms with van der Waals surface area (Å²) in [5.41, 5.74) is 9.68. The van der Waals surface area contributed by atoms with Gasteiger partial charge in [0.2, 0.25) is 0 Å². The third-order valence-electron chi connectivity index (χ3n) is 8.73. The van der Waals surface area contributed by atoms with E-state index in [-0.39, 0.29) is 5.41 Å². The zero-order valence-corrected chi connectivity index (χ0v) is 25.8. The van der Waals surface area contributed by atoms with Crippen molar-refractivity contribution in [2.24, 2.45) is 0 Å². The largest absolute Gasteiger partial charge is 0.354 e. The molecule has 0 spiro atoms. The lowest BCUT2D eigenvalue weighted by molar-refractivity contribution is 0.641. The Morgan fingerprint density at radius 1 is 0.738 bits per heavy atom. The molecule has 5 aromatic rings. The molecule has 214 valence electrons. The second-order valence-electron chi connectivity index (χ2n) is 12.6. The van der Waals surface area contributed by atoms with E-state index in [1.807, 2.05) is 18.5 Å². The van der Waals surface area contributed by atoms with Crippen molar-refractivity contribution in [3.8, 4) is 17.1 Å². The molecule has 5 nitrogen and oxygen atoms in total. The summed E-state index contributed by atoms with van der Waals surface area (Å²) >= 11 is 0. The Bertz CT molecular complexity index is 1700. The Morgan fingerprint density at radius 3 is 2.12 bits per heavy atom. The van der Waals surface area contributed by atoms with E-state index < -0.39 is 0 Å². The molecule has 1 aliphatic heterocycles. The maximum Gasteiger partial charge on any atom is 0.158 e. The third kappa shape index (κ3) is 4.77. The molecule has 0 unspecified atom stereocenters. The maximum absolute atomic E-state index is 4.90. The average molecular weight is 556 g/mol. The van der Waals surface area contributed by atoms with Crippen LogP contribution in [0, 0.1) is 0 Å². The van der Waals surface area contributed by atoms with Crippen LogP contribution in [0.25, 0.3) is 17.1 Å². The van der Waals surface area contributed by atoms with Gasteiger partial charge >= 0.3 is 0 Å². The van der Waals surface area contributed by atoms with Crippen LogP contribution in [-0.2, 0) is 5.41 Å². The van der Waals surface area contributed by atoms with Crippen LogP contribution >= 0.6 is 0 Å². The van der Waals surface area contributed by atoms with E-state index in [2.05, 4.69) is 142 Å². The first kappa shape index (κ1) is 27.8. The van der Waals surface area contributed by atoms with Gasteiger partial charge in [0.05, 0.1) is 18.0 Å². The Kier molecular flexibility index (Phi) is 7.14. The van der Waals surface area contributed by atoms with E-state index >= 15 is 0 Å². The molecule has 0 saturated carbocycles. The molecule has 0 fully saturated rings. The van der Waals surface area contributed by atoms with E-state index in [0.717, 1.165) is 35.2 Å². The number of rotatable bonds is 7. The van der Waals surface area contributed by atoms with Crippen LogP contribution in [0.4, 0.5) is 17.2 Å². The van der Waals surface area contributed by atoms with Gasteiger partial charge in [0.25, 0.3) is 0 Å². The SMILES string of the molecule is CC(C)c1cccc(C(C)C)c1-n1ccnc1-c1cccc(C(C)(C)c2cccc(N3CN(C)c4cccnc43)c2)c1. The predicted octanol–water partition coefficient (Wildman–Crippen LogP) is 9.05. The van der Waals surface area contributed by atoms with Crippen LogP contribution in [0.1, 0.15) is 75.6 Å². The minimum atomic E-state index is -0.221. The zero-order valence-electron chi connectivity index (χ0n) is 25.8. The topological polar surface area (TPSA) is 37.2 Å². The van der Waals surface area contributed by atoms with Crippen LogP contribution in [-0.4, -0.2) is 28.3 Å². The summed E-state index contributed by atoms with van der Waals surface area (Å²) < 4.78 is 2.30. The van der Waals surface area contributed by atoms with Crippen molar-refractivity contribution in [1.29, 1.82) is 0 Å². The molecule has 5 heteroatoms. The molecule has 3 aromatic carbocycles. The Labute approximate surface area is 250 Å². The lowest BCUT2D eigenvalue weighted by Gasteiger charge is -2.28. The molecule has 0 aliphatic carbocycles. The minimum absolute atomic E-state index is 0.221. The Balaban J connectivity index is 1.39. The standard InChI is InChI=1S/C37H41N5/c1-25(2)31-16-10-17-32(26(3)4)34(31)41-21-20-39-35(41)27-12-8-13-28(22-27)37(5,6)29-14-9-15-30(23-29)42-24-40(7)33-18-11-19-38-36(33)42/h8-23,25-26H,24H2,1-7H3. The summed E-state index contributed by atoms with van der Waals surface area (Å²) in [6.07, 6.45) is 5.91. The van der Waals surface area contributed by atoms with Crippen LogP contribution < -0.4 is 9.80 Å². The van der Waals surface area contributed by atoms with Gasteiger partial charge in [0.15, 0.2) is 5.82 Å². The molecular formula is C37H41N5. The molecule has 0 N–H and O–H groups in total. The van der Waals surface area contributed by atoms with Crippen molar-refractivity contribution in [2.45, 2.75) is 58.8 Å². The first-order valence-electron chi connectivity index (χ1n) is 15.0. The number of hydrogen-bond acceptors (Lipinski definition) is 4. The van der Waals surface area contributed by atoms with Gasteiger partial charge in [-0.15, -0.1) is 0 Å². The molecular weight excluding hydrogens is 514 g/mol. The number of pyridine rings is 1. The summed E-state index contributed by atoms with van der Waals surface area (Å²) in [4.78, 5) is 14.1. The number of hydrogen-bond donors (Lipinski definition) is 0. The fraction of sp³-hybridized carbons (Fsp3) is 0.297. The number of fused-ring (bicyclic) bond motifs is 1. The lowest BCUT2D eigenvalue weighted by Crippen LogP contribution is -2.25. The minimum Gasteiger partial charge on any atom is -0.354 e. The first-order valence-corrected chi connectivity index (χ1v) is 15.0. The van der Waals surface area contributed by atoms with Gasteiger partial charge in [-0.05, 0) is 64.4 Å². The smallest absolute Gasteiger partial charge is 0.158 e. The number of anilines is 3. The monoisotopic (exact) mass is 555 g/mol. The Morgan fingerprint density at radius 2 is 1.40 bits per heavy atom. The molecule has 0 radical (unpaired) electrons. The molecule has 1 aliphatic rings. The molecule has 6 rings (SSSR count). The summed E-state index contributed by atoms with van der Waals surface area (Å²) in [6.45, 7) is 14.5. The highest BCUT2D eigenvalue weighted by Crippen LogP contribution is 2.41. The molecule has 0 atom stereocenters. The highest BCUT2D eigenvalue weighted by atomic mass is 15.4. The molecule has 0 amide bonds. The van der Waals surface area contributed by atoms with Gasteiger partial charge in [0.1, 0.15) is 5.82 Å². The average Bonchev–Trinajstić information content (AvgIpc) is 3.62. The molecule has 0 bridgehead atoms.